The summed E-state index contributed by atoms with van der Waals surface area (Å²) in [5.74, 6) is 0.849. The van der Waals surface area contributed by atoms with Crippen LogP contribution >= 0.6 is 11.8 Å². The molecule has 1 fully saturated rings. The van der Waals surface area contributed by atoms with Crippen LogP contribution in [0.3, 0.4) is 0 Å². The third-order valence-electron chi connectivity index (χ3n) is 8.55. The van der Waals surface area contributed by atoms with Crippen LogP contribution < -0.4 is 27.3 Å². The van der Waals surface area contributed by atoms with Crippen molar-refractivity contribution in [2.75, 3.05) is 32.4 Å². The molecule has 3 aromatic carbocycles. The van der Waals surface area contributed by atoms with Gasteiger partial charge in [-0.2, -0.15) is 0 Å². The lowest BCUT2D eigenvalue weighted by Gasteiger charge is -2.42. The highest BCUT2D eigenvalue weighted by molar-refractivity contribution is 8.01. The predicted molar refractivity (Wildman–Crippen MR) is 157 cm³/mol. The van der Waals surface area contributed by atoms with Crippen LogP contribution in [0.1, 0.15) is 34.6 Å². The lowest BCUT2D eigenvalue weighted by Crippen LogP contribution is -2.60. The second-order valence-electron chi connectivity index (χ2n) is 11.3. The fourth-order valence-corrected chi connectivity index (χ4v) is 7.97. The van der Waals surface area contributed by atoms with Crippen LogP contribution in [-0.2, 0) is 15.1 Å². The number of hydrogen-bond acceptors (Lipinski definition) is 8. The Bertz CT molecular complexity index is 1480. The average Bonchev–Trinajstić information content (AvgIpc) is 3.55. The van der Waals surface area contributed by atoms with E-state index in [1.165, 1.54) is 11.8 Å². The number of ketones is 1. The number of nitrogens with two attached hydrogens (primary N) is 3. The standard InChI is InChI=1S/C31H35N5O3S/c1-17-14-20(39-19-6-4-3-5-7-19)8-9-21(17)31(34)22-10-11-23(32)27-24(22)25(26(33)29(31)37)28(40-27)30(38)35-15-18-12-13-36(2)16-18/h3-11,14,18,25-26,28H,12-13,15-16,32-34H2,1-2H3,(H,35,38). The maximum Gasteiger partial charge on any atom is 0.234 e. The largest absolute Gasteiger partial charge is 0.457 e. The van der Waals surface area contributed by atoms with Gasteiger partial charge in [0.25, 0.3) is 0 Å². The summed E-state index contributed by atoms with van der Waals surface area (Å²) in [7, 11) is 2.09. The molecule has 0 radical (unpaired) electrons. The van der Waals surface area contributed by atoms with Crippen LogP contribution in [0, 0.1) is 12.8 Å². The van der Waals surface area contributed by atoms with Gasteiger partial charge in [-0.25, -0.2) is 0 Å². The Labute approximate surface area is 238 Å². The van der Waals surface area contributed by atoms with E-state index in [1.54, 1.807) is 6.07 Å². The van der Waals surface area contributed by atoms with Crippen LogP contribution in [-0.4, -0.2) is 54.6 Å². The van der Waals surface area contributed by atoms with E-state index in [0.717, 1.165) is 35.5 Å². The third-order valence-corrected chi connectivity index (χ3v) is 10.0. The summed E-state index contributed by atoms with van der Waals surface area (Å²) in [6, 6.07) is 17.7. The van der Waals surface area contributed by atoms with Gasteiger partial charge in [0.05, 0.1) is 11.3 Å². The molecule has 9 heteroatoms. The van der Waals surface area contributed by atoms with Gasteiger partial charge >= 0.3 is 0 Å². The Kier molecular flexibility index (Phi) is 6.86. The average molecular weight is 558 g/mol. The van der Waals surface area contributed by atoms with Crippen molar-refractivity contribution in [3.05, 3.63) is 82.9 Å². The lowest BCUT2D eigenvalue weighted by atomic mass is 9.64. The number of nitrogens with zero attached hydrogens (tertiary/aromatic N) is 1. The number of Topliss-reactive ketones (excluding diaryl/α,β-unsaturated/α-hetero) is 1. The molecule has 3 aliphatic rings. The van der Waals surface area contributed by atoms with Gasteiger partial charge in [-0.05, 0) is 85.4 Å². The SMILES string of the molecule is Cc1cc(Oc2ccccc2)ccc1C1(N)C(=O)C(N)C2c3c1ccc(N)c3SC2C(=O)NCC1CCN(C)C1. The van der Waals surface area contributed by atoms with Gasteiger partial charge in [-0.1, -0.05) is 30.3 Å². The molecule has 0 bridgehead atoms. The number of ether oxygens (including phenoxy) is 1. The van der Waals surface area contributed by atoms with E-state index < -0.39 is 22.7 Å². The number of rotatable bonds is 6. The number of para-hydroxylation sites is 1. The second-order valence-corrected chi connectivity index (χ2v) is 12.4. The molecule has 5 atom stereocenters. The van der Waals surface area contributed by atoms with E-state index in [1.807, 2.05) is 61.5 Å². The van der Waals surface area contributed by atoms with E-state index in [2.05, 4.69) is 17.3 Å². The molecule has 1 saturated heterocycles. The van der Waals surface area contributed by atoms with E-state index in [9.17, 15) is 9.59 Å². The molecule has 2 heterocycles. The predicted octanol–water partition coefficient (Wildman–Crippen LogP) is 3.11. The molecule has 0 aromatic heterocycles. The molecule has 8 nitrogen and oxygen atoms in total. The summed E-state index contributed by atoms with van der Waals surface area (Å²) in [4.78, 5) is 30.7. The first-order valence-electron chi connectivity index (χ1n) is 13.7. The highest BCUT2D eigenvalue weighted by atomic mass is 32.2. The first-order valence-corrected chi connectivity index (χ1v) is 14.5. The number of nitrogen functional groups attached to an aromatic ring is 1. The number of carbonyl (C=O) groups excluding carboxylic acids is 2. The Morgan fingerprint density at radius 3 is 2.58 bits per heavy atom. The zero-order valence-corrected chi connectivity index (χ0v) is 23.5. The maximum absolute atomic E-state index is 14.1. The number of carbonyl (C=O) groups is 2. The van der Waals surface area contributed by atoms with Crippen LogP contribution in [0.2, 0.25) is 0 Å². The summed E-state index contributed by atoms with van der Waals surface area (Å²) >= 11 is 1.40. The van der Waals surface area contributed by atoms with E-state index in [-0.39, 0.29) is 11.7 Å². The van der Waals surface area contributed by atoms with E-state index in [0.29, 0.717) is 40.8 Å². The quantitative estimate of drug-likeness (QED) is 0.340. The highest BCUT2D eigenvalue weighted by Crippen LogP contribution is 2.56. The highest BCUT2D eigenvalue weighted by Gasteiger charge is 2.57. The van der Waals surface area contributed by atoms with E-state index >= 15 is 0 Å². The number of anilines is 1. The number of aryl methyl sites for hydroxylation is 1. The van der Waals surface area contributed by atoms with Crippen LogP contribution in [0.25, 0.3) is 0 Å². The summed E-state index contributed by atoms with van der Waals surface area (Å²) in [5.41, 5.74) is 22.2. The number of amides is 1. The molecule has 1 amide bonds. The zero-order valence-electron chi connectivity index (χ0n) is 22.7. The van der Waals surface area contributed by atoms with Crippen molar-refractivity contribution >= 4 is 29.1 Å². The third kappa shape index (κ3) is 4.37. The minimum absolute atomic E-state index is 0.113. The van der Waals surface area contributed by atoms with Crippen LogP contribution in [0.5, 0.6) is 11.5 Å². The summed E-state index contributed by atoms with van der Waals surface area (Å²) in [5, 5.41) is 2.58. The Balaban J connectivity index is 1.34. The first kappa shape index (κ1) is 26.8. The monoisotopic (exact) mass is 557 g/mol. The second kappa shape index (κ2) is 10.2. The van der Waals surface area contributed by atoms with Gasteiger partial charge in [0.2, 0.25) is 5.91 Å². The normalized spacial score (nSPS) is 27.4. The van der Waals surface area contributed by atoms with Gasteiger partial charge in [-0.15, -0.1) is 11.8 Å². The molecular formula is C31H35N5O3S. The van der Waals surface area contributed by atoms with Crippen LogP contribution in [0.15, 0.2) is 65.6 Å². The van der Waals surface area contributed by atoms with Crippen molar-refractivity contribution in [3.63, 3.8) is 0 Å². The maximum atomic E-state index is 14.1. The molecular weight excluding hydrogens is 522 g/mol. The first-order chi connectivity index (χ1) is 19.2. The summed E-state index contributed by atoms with van der Waals surface area (Å²) < 4.78 is 6.00. The number of hydrogen-bond donors (Lipinski definition) is 4. The molecule has 2 aliphatic heterocycles. The van der Waals surface area contributed by atoms with Gasteiger partial charge in [0.15, 0.2) is 5.78 Å². The van der Waals surface area contributed by atoms with Gasteiger partial charge in [0, 0.05) is 29.6 Å². The molecule has 5 unspecified atom stereocenters. The smallest absolute Gasteiger partial charge is 0.234 e. The molecule has 208 valence electrons. The van der Waals surface area contributed by atoms with Gasteiger partial charge < -0.3 is 32.2 Å². The summed E-state index contributed by atoms with van der Waals surface area (Å²) in [6.07, 6.45) is 1.05. The Morgan fingerprint density at radius 1 is 1.12 bits per heavy atom. The molecule has 0 spiro atoms. The van der Waals surface area contributed by atoms with Crippen molar-refractivity contribution in [1.29, 1.82) is 0 Å². The minimum atomic E-state index is -1.48. The Hall–Kier alpha value is -3.37. The summed E-state index contributed by atoms with van der Waals surface area (Å²) in [6.45, 7) is 4.51. The molecule has 1 aliphatic carbocycles. The lowest BCUT2D eigenvalue weighted by molar-refractivity contribution is -0.126. The number of nitrogens with one attached hydrogen (secondary N) is 1. The van der Waals surface area contributed by atoms with E-state index in [4.69, 9.17) is 21.9 Å². The van der Waals surface area contributed by atoms with Gasteiger partial charge in [-0.3, -0.25) is 9.59 Å². The molecule has 6 rings (SSSR count). The fourth-order valence-electron chi connectivity index (χ4n) is 6.50. The molecule has 40 heavy (non-hydrogen) atoms. The van der Waals surface area contributed by atoms with Crippen molar-refractivity contribution < 1.29 is 14.3 Å². The van der Waals surface area contributed by atoms with Crippen molar-refractivity contribution in [1.82, 2.24) is 10.2 Å². The number of thioether (sulfide) groups is 1. The Morgan fingerprint density at radius 2 is 1.88 bits per heavy atom. The fraction of sp³-hybridized carbons (Fsp3) is 0.355. The van der Waals surface area contributed by atoms with Gasteiger partial charge in [0.1, 0.15) is 17.0 Å². The van der Waals surface area contributed by atoms with Crippen molar-refractivity contribution in [2.24, 2.45) is 17.4 Å². The number of benzene rings is 3. The molecule has 0 saturated carbocycles. The minimum Gasteiger partial charge on any atom is -0.457 e. The molecule has 3 aromatic rings. The molecule has 7 N–H and O–H groups in total. The van der Waals surface area contributed by atoms with Crippen molar-refractivity contribution in [2.45, 2.75) is 41.0 Å². The topological polar surface area (TPSA) is 137 Å². The van der Waals surface area contributed by atoms with Crippen molar-refractivity contribution in [3.8, 4) is 11.5 Å². The van der Waals surface area contributed by atoms with Crippen LogP contribution in [0.4, 0.5) is 5.69 Å². The zero-order chi connectivity index (χ0) is 28.2. The number of likely N-dealkylation sites (tertiary alicyclic amines) is 1.